The molecule has 30 heavy (non-hydrogen) atoms. The molecule has 2 aliphatic heterocycles. The maximum atomic E-state index is 12.9. The zero-order valence-electron chi connectivity index (χ0n) is 16.3. The van der Waals surface area contributed by atoms with E-state index >= 15 is 0 Å². The van der Waals surface area contributed by atoms with E-state index in [1.54, 1.807) is 47.4 Å². The van der Waals surface area contributed by atoms with E-state index in [2.05, 4.69) is 5.32 Å². The van der Waals surface area contributed by atoms with Gasteiger partial charge in [0.05, 0.1) is 0 Å². The summed E-state index contributed by atoms with van der Waals surface area (Å²) >= 11 is 0. The molecular weight excluding hydrogens is 388 g/mol. The van der Waals surface area contributed by atoms with Crippen molar-refractivity contribution in [3.63, 3.8) is 0 Å². The fraction of sp³-hybridized carbons (Fsp3) is 0.318. The molecule has 1 saturated heterocycles. The molecule has 0 aliphatic carbocycles. The Bertz CT molecular complexity index is 940. The number of ether oxygens (including phenoxy) is 3. The van der Waals surface area contributed by atoms with E-state index in [1.807, 2.05) is 6.07 Å². The van der Waals surface area contributed by atoms with Crippen LogP contribution in [0.3, 0.4) is 0 Å². The zero-order chi connectivity index (χ0) is 20.9. The Labute approximate surface area is 173 Å². The molecular formula is C22H22N2O6. The minimum Gasteiger partial charge on any atom is -0.454 e. The van der Waals surface area contributed by atoms with Gasteiger partial charge in [0.2, 0.25) is 12.9 Å². The summed E-state index contributed by atoms with van der Waals surface area (Å²) in [5.74, 6) is -0.338. The van der Waals surface area contributed by atoms with Crippen LogP contribution in [0.25, 0.3) is 0 Å². The van der Waals surface area contributed by atoms with Crippen LogP contribution in [-0.2, 0) is 14.3 Å². The van der Waals surface area contributed by atoms with Crippen molar-refractivity contribution in [1.29, 1.82) is 0 Å². The molecule has 1 N–H and O–H groups in total. The van der Waals surface area contributed by atoms with Gasteiger partial charge in [-0.05, 0) is 31.0 Å². The molecule has 4 rings (SSSR count). The van der Waals surface area contributed by atoms with E-state index in [1.165, 1.54) is 0 Å². The predicted molar refractivity (Wildman–Crippen MR) is 106 cm³/mol. The number of hydrogen-bond acceptors (Lipinski definition) is 6. The Morgan fingerprint density at radius 2 is 1.73 bits per heavy atom. The maximum Gasteiger partial charge on any atom is 0.326 e. The summed E-state index contributed by atoms with van der Waals surface area (Å²) in [4.78, 5) is 39.4. The summed E-state index contributed by atoms with van der Waals surface area (Å²) in [7, 11) is 0. The highest BCUT2D eigenvalue weighted by atomic mass is 16.7. The second kappa shape index (κ2) is 8.86. The molecule has 0 radical (unpaired) electrons. The Morgan fingerprint density at radius 3 is 2.50 bits per heavy atom. The Hall–Kier alpha value is -3.55. The standard InChI is InChI=1S/C22H22N2O6/c25-19(13-23-21(26)16-8-9-17-18(12-16)29-14-28-17)30-20(15-6-2-1-3-7-15)22(27)24-10-4-5-11-24/h1-3,6-9,12,20H,4-5,10-11,13-14H2,(H,23,26)/t20-/m0/s1. The lowest BCUT2D eigenvalue weighted by molar-refractivity contribution is -0.159. The van der Waals surface area contributed by atoms with Crippen LogP contribution in [-0.4, -0.2) is 49.1 Å². The molecule has 0 unspecified atom stereocenters. The van der Waals surface area contributed by atoms with Crippen LogP contribution in [0.1, 0.15) is 34.9 Å². The fourth-order valence-electron chi connectivity index (χ4n) is 3.46. The molecule has 0 aromatic heterocycles. The highest BCUT2D eigenvalue weighted by Gasteiger charge is 2.31. The second-order valence-corrected chi connectivity index (χ2v) is 7.06. The van der Waals surface area contributed by atoms with Crippen LogP contribution in [0, 0.1) is 0 Å². The van der Waals surface area contributed by atoms with Gasteiger partial charge in [-0.25, -0.2) is 0 Å². The molecule has 0 spiro atoms. The summed E-state index contributed by atoms with van der Waals surface area (Å²) in [5.41, 5.74) is 0.935. The van der Waals surface area contributed by atoms with Crippen LogP contribution in [0.2, 0.25) is 0 Å². The van der Waals surface area contributed by atoms with Gasteiger partial charge in [0.15, 0.2) is 11.5 Å². The Morgan fingerprint density at radius 1 is 1.00 bits per heavy atom. The van der Waals surface area contributed by atoms with Crippen molar-refractivity contribution >= 4 is 17.8 Å². The SMILES string of the molecule is O=C(CNC(=O)c1ccc2c(c1)OCO2)O[C@H](C(=O)N1CCCC1)c1ccccc1. The molecule has 8 heteroatoms. The normalized spacial score (nSPS) is 15.5. The average Bonchev–Trinajstić information content (AvgIpc) is 3.47. The van der Waals surface area contributed by atoms with E-state index in [-0.39, 0.29) is 19.2 Å². The second-order valence-electron chi connectivity index (χ2n) is 7.06. The van der Waals surface area contributed by atoms with Gasteiger partial charge in [0.1, 0.15) is 6.54 Å². The van der Waals surface area contributed by atoms with Crippen LogP contribution < -0.4 is 14.8 Å². The number of nitrogens with zero attached hydrogens (tertiary/aromatic N) is 1. The number of carbonyl (C=O) groups is 3. The fourth-order valence-corrected chi connectivity index (χ4v) is 3.46. The molecule has 2 aliphatic rings. The van der Waals surface area contributed by atoms with Crippen molar-refractivity contribution < 1.29 is 28.6 Å². The van der Waals surface area contributed by atoms with Gasteiger partial charge in [0.25, 0.3) is 11.8 Å². The molecule has 8 nitrogen and oxygen atoms in total. The van der Waals surface area contributed by atoms with E-state index in [0.29, 0.717) is 35.7 Å². The number of esters is 1. The minimum atomic E-state index is -1.03. The highest BCUT2D eigenvalue weighted by Crippen LogP contribution is 2.32. The molecule has 2 amide bonds. The quantitative estimate of drug-likeness (QED) is 0.733. The number of fused-ring (bicyclic) bond motifs is 1. The molecule has 2 heterocycles. The number of rotatable bonds is 6. The van der Waals surface area contributed by atoms with Crippen LogP contribution >= 0.6 is 0 Å². The molecule has 1 atom stereocenters. The van der Waals surface area contributed by atoms with E-state index in [0.717, 1.165) is 12.8 Å². The number of likely N-dealkylation sites (tertiary alicyclic amines) is 1. The summed E-state index contributed by atoms with van der Waals surface area (Å²) in [6, 6.07) is 13.7. The first-order chi connectivity index (χ1) is 14.6. The number of amides is 2. The van der Waals surface area contributed by atoms with Gasteiger partial charge >= 0.3 is 5.97 Å². The van der Waals surface area contributed by atoms with Gasteiger partial charge < -0.3 is 24.4 Å². The summed E-state index contributed by atoms with van der Waals surface area (Å²) < 4.78 is 16.0. The van der Waals surface area contributed by atoms with Gasteiger partial charge in [-0.1, -0.05) is 30.3 Å². The Balaban J connectivity index is 1.38. The molecule has 2 aromatic rings. The molecule has 1 fully saturated rings. The van der Waals surface area contributed by atoms with Crippen LogP contribution in [0.15, 0.2) is 48.5 Å². The van der Waals surface area contributed by atoms with Crippen LogP contribution in [0.4, 0.5) is 0 Å². The van der Waals surface area contributed by atoms with E-state index < -0.39 is 18.0 Å². The lowest BCUT2D eigenvalue weighted by Gasteiger charge is -2.23. The largest absolute Gasteiger partial charge is 0.454 e. The number of hydrogen-bond donors (Lipinski definition) is 1. The smallest absolute Gasteiger partial charge is 0.326 e. The predicted octanol–water partition coefficient (Wildman–Crippen LogP) is 2.05. The molecule has 2 aromatic carbocycles. The lowest BCUT2D eigenvalue weighted by Crippen LogP contribution is -2.37. The van der Waals surface area contributed by atoms with Gasteiger partial charge in [-0.3, -0.25) is 14.4 Å². The van der Waals surface area contributed by atoms with Crippen LogP contribution in [0.5, 0.6) is 11.5 Å². The van der Waals surface area contributed by atoms with Crippen molar-refractivity contribution in [2.75, 3.05) is 26.4 Å². The van der Waals surface area contributed by atoms with E-state index in [4.69, 9.17) is 14.2 Å². The van der Waals surface area contributed by atoms with Gasteiger partial charge in [-0.15, -0.1) is 0 Å². The average molecular weight is 410 g/mol. The zero-order valence-corrected chi connectivity index (χ0v) is 16.3. The third-order valence-corrected chi connectivity index (χ3v) is 5.02. The van der Waals surface area contributed by atoms with Crippen molar-refractivity contribution in [3.8, 4) is 11.5 Å². The van der Waals surface area contributed by atoms with Crippen molar-refractivity contribution in [2.24, 2.45) is 0 Å². The minimum absolute atomic E-state index is 0.110. The molecule has 0 bridgehead atoms. The van der Waals surface area contributed by atoms with Gasteiger partial charge in [0, 0.05) is 24.2 Å². The van der Waals surface area contributed by atoms with E-state index in [9.17, 15) is 14.4 Å². The number of nitrogens with one attached hydrogen (secondary N) is 1. The molecule has 0 saturated carbocycles. The number of benzene rings is 2. The first-order valence-electron chi connectivity index (χ1n) is 9.83. The monoisotopic (exact) mass is 410 g/mol. The van der Waals surface area contributed by atoms with Crippen molar-refractivity contribution in [1.82, 2.24) is 10.2 Å². The van der Waals surface area contributed by atoms with Crippen molar-refractivity contribution in [3.05, 3.63) is 59.7 Å². The summed E-state index contributed by atoms with van der Waals surface area (Å²) in [6.45, 7) is 1.06. The summed E-state index contributed by atoms with van der Waals surface area (Å²) in [6.07, 6.45) is 0.846. The first kappa shape index (κ1) is 19.8. The topological polar surface area (TPSA) is 94.2 Å². The van der Waals surface area contributed by atoms with Crippen molar-refractivity contribution in [2.45, 2.75) is 18.9 Å². The first-order valence-corrected chi connectivity index (χ1v) is 9.83. The van der Waals surface area contributed by atoms with Gasteiger partial charge in [-0.2, -0.15) is 0 Å². The Kier molecular flexibility index (Phi) is 5.83. The third-order valence-electron chi connectivity index (χ3n) is 5.02. The lowest BCUT2D eigenvalue weighted by atomic mass is 10.1. The third kappa shape index (κ3) is 4.37. The summed E-state index contributed by atoms with van der Waals surface area (Å²) in [5, 5.41) is 2.52. The highest BCUT2D eigenvalue weighted by molar-refractivity contribution is 5.96. The maximum absolute atomic E-state index is 12.9. The number of carbonyl (C=O) groups excluding carboxylic acids is 3. The molecule has 156 valence electrons.